The van der Waals surface area contributed by atoms with E-state index in [1.807, 2.05) is 30.3 Å². The van der Waals surface area contributed by atoms with Gasteiger partial charge in [0.25, 0.3) is 0 Å². The van der Waals surface area contributed by atoms with Crippen LogP contribution >= 0.6 is 0 Å². The molecule has 3 aromatic rings. The Morgan fingerprint density at radius 1 is 1.11 bits per heavy atom. The SMILES string of the molecule is Cn1cc(C(=O)c2ccc(-c3ccoc3)cc2)cn1. The van der Waals surface area contributed by atoms with E-state index >= 15 is 0 Å². The van der Waals surface area contributed by atoms with Gasteiger partial charge in [-0.15, -0.1) is 0 Å². The number of ketones is 1. The lowest BCUT2D eigenvalue weighted by atomic mass is 10.0. The van der Waals surface area contributed by atoms with E-state index < -0.39 is 0 Å². The standard InChI is InChI=1S/C15H12N2O2/c1-17-9-14(8-16-17)15(18)12-4-2-11(3-5-12)13-6-7-19-10-13/h2-10H,1H3. The monoisotopic (exact) mass is 252 g/mol. The molecule has 0 spiro atoms. The van der Waals surface area contributed by atoms with Crippen LogP contribution in [0.4, 0.5) is 0 Å². The minimum atomic E-state index is -0.0214. The summed E-state index contributed by atoms with van der Waals surface area (Å²) in [5.41, 5.74) is 3.27. The van der Waals surface area contributed by atoms with E-state index in [0.29, 0.717) is 11.1 Å². The first kappa shape index (κ1) is 11.5. The van der Waals surface area contributed by atoms with Gasteiger partial charge in [-0.3, -0.25) is 9.48 Å². The molecule has 94 valence electrons. The molecule has 4 nitrogen and oxygen atoms in total. The van der Waals surface area contributed by atoms with Gasteiger partial charge < -0.3 is 4.42 Å². The van der Waals surface area contributed by atoms with E-state index in [1.165, 1.54) is 0 Å². The highest BCUT2D eigenvalue weighted by molar-refractivity contribution is 6.08. The number of aromatic nitrogens is 2. The van der Waals surface area contributed by atoms with Crippen LogP contribution in [0.5, 0.6) is 0 Å². The van der Waals surface area contributed by atoms with Gasteiger partial charge in [-0.1, -0.05) is 24.3 Å². The molecule has 0 radical (unpaired) electrons. The number of nitrogens with zero attached hydrogens (tertiary/aromatic N) is 2. The van der Waals surface area contributed by atoms with Crippen LogP contribution in [0, 0.1) is 0 Å². The normalized spacial score (nSPS) is 10.6. The van der Waals surface area contributed by atoms with Gasteiger partial charge in [-0.25, -0.2) is 0 Å². The molecular formula is C15H12N2O2. The summed E-state index contributed by atoms with van der Waals surface area (Å²) < 4.78 is 6.66. The first-order valence-electron chi connectivity index (χ1n) is 5.90. The van der Waals surface area contributed by atoms with Crippen molar-refractivity contribution in [2.75, 3.05) is 0 Å². The van der Waals surface area contributed by atoms with Crippen LogP contribution in [0.1, 0.15) is 15.9 Å². The summed E-state index contributed by atoms with van der Waals surface area (Å²) in [7, 11) is 1.79. The predicted molar refractivity (Wildman–Crippen MR) is 70.8 cm³/mol. The summed E-state index contributed by atoms with van der Waals surface area (Å²) in [6.07, 6.45) is 6.60. The van der Waals surface area contributed by atoms with E-state index in [9.17, 15) is 4.79 Å². The van der Waals surface area contributed by atoms with Crippen molar-refractivity contribution >= 4 is 5.78 Å². The summed E-state index contributed by atoms with van der Waals surface area (Å²) in [5, 5.41) is 4.00. The molecule has 3 rings (SSSR count). The zero-order valence-electron chi connectivity index (χ0n) is 10.4. The van der Waals surface area contributed by atoms with Gasteiger partial charge in [-0.2, -0.15) is 5.10 Å². The van der Waals surface area contributed by atoms with Crippen molar-refractivity contribution < 1.29 is 9.21 Å². The van der Waals surface area contributed by atoms with Crippen LogP contribution in [0.15, 0.2) is 59.7 Å². The number of aryl methyl sites for hydroxylation is 1. The number of rotatable bonds is 3. The minimum Gasteiger partial charge on any atom is -0.472 e. The quantitative estimate of drug-likeness (QED) is 0.673. The average Bonchev–Trinajstić information content (AvgIpc) is 3.09. The van der Waals surface area contributed by atoms with Gasteiger partial charge in [-0.05, 0) is 11.6 Å². The van der Waals surface area contributed by atoms with Gasteiger partial charge >= 0.3 is 0 Å². The molecule has 0 bridgehead atoms. The molecule has 0 aliphatic carbocycles. The Hall–Kier alpha value is -2.62. The fraction of sp³-hybridized carbons (Fsp3) is 0.0667. The molecule has 0 N–H and O–H groups in total. The van der Waals surface area contributed by atoms with Crippen molar-refractivity contribution in [1.82, 2.24) is 9.78 Å². The number of hydrogen-bond acceptors (Lipinski definition) is 3. The van der Waals surface area contributed by atoms with Crippen molar-refractivity contribution in [3.05, 3.63) is 66.4 Å². The Balaban J connectivity index is 1.89. The van der Waals surface area contributed by atoms with E-state index in [2.05, 4.69) is 5.10 Å². The molecule has 4 heteroatoms. The third kappa shape index (κ3) is 2.20. The number of hydrogen-bond donors (Lipinski definition) is 0. The highest BCUT2D eigenvalue weighted by Gasteiger charge is 2.11. The third-order valence-corrected chi connectivity index (χ3v) is 2.97. The zero-order valence-corrected chi connectivity index (χ0v) is 10.4. The van der Waals surface area contributed by atoms with Gasteiger partial charge in [0.15, 0.2) is 5.78 Å². The van der Waals surface area contributed by atoms with Crippen molar-refractivity contribution in [2.45, 2.75) is 0 Å². The van der Waals surface area contributed by atoms with Crippen molar-refractivity contribution in [3.63, 3.8) is 0 Å². The molecule has 19 heavy (non-hydrogen) atoms. The number of benzene rings is 1. The van der Waals surface area contributed by atoms with Crippen LogP contribution in [0.25, 0.3) is 11.1 Å². The molecule has 2 heterocycles. The minimum absolute atomic E-state index is 0.0214. The Labute approximate surface area is 110 Å². The topological polar surface area (TPSA) is 48.0 Å². The van der Waals surface area contributed by atoms with Crippen molar-refractivity contribution in [3.8, 4) is 11.1 Å². The summed E-state index contributed by atoms with van der Waals surface area (Å²) in [5.74, 6) is -0.0214. The summed E-state index contributed by atoms with van der Waals surface area (Å²) in [6.45, 7) is 0. The fourth-order valence-electron chi connectivity index (χ4n) is 1.95. The summed E-state index contributed by atoms with van der Waals surface area (Å²) in [6, 6.07) is 9.34. The Morgan fingerprint density at radius 3 is 2.47 bits per heavy atom. The van der Waals surface area contributed by atoms with Crippen LogP contribution in [-0.2, 0) is 7.05 Å². The molecule has 0 saturated heterocycles. The first-order valence-corrected chi connectivity index (χ1v) is 5.90. The van der Waals surface area contributed by atoms with E-state index in [1.54, 1.807) is 36.6 Å². The molecule has 0 aliphatic heterocycles. The van der Waals surface area contributed by atoms with Gasteiger partial charge in [0, 0.05) is 24.4 Å². The molecule has 0 aliphatic rings. The van der Waals surface area contributed by atoms with Crippen molar-refractivity contribution in [2.24, 2.45) is 7.05 Å². The molecule has 0 unspecified atom stereocenters. The van der Waals surface area contributed by atoms with E-state index in [-0.39, 0.29) is 5.78 Å². The van der Waals surface area contributed by atoms with E-state index in [0.717, 1.165) is 11.1 Å². The summed E-state index contributed by atoms with van der Waals surface area (Å²) in [4.78, 5) is 12.2. The van der Waals surface area contributed by atoms with Crippen LogP contribution in [0.2, 0.25) is 0 Å². The highest BCUT2D eigenvalue weighted by atomic mass is 16.3. The Morgan fingerprint density at radius 2 is 1.89 bits per heavy atom. The molecule has 0 atom stereocenters. The summed E-state index contributed by atoms with van der Waals surface area (Å²) >= 11 is 0. The van der Waals surface area contributed by atoms with Gasteiger partial charge in [0.1, 0.15) is 0 Å². The van der Waals surface area contributed by atoms with E-state index in [4.69, 9.17) is 4.42 Å². The van der Waals surface area contributed by atoms with Gasteiger partial charge in [0.2, 0.25) is 0 Å². The maximum Gasteiger partial charge on any atom is 0.196 e. The number of carbonyl (C=O) groups is 1. The fourth-order valence-corrected chi connectivity index (χ4v) is 1.95. The highest BCUT2D eigenvalue weighted by Crippen LogP contribution is 2.20. The molecule has 0 fully saturated rings. The lowest BCUT2D eigenvalue weighted by molar-refractivity contribution is 0.103. The molecular weight excluding hydrogens is 240 g/mol. The largest absolute Gasteiger partial charge is 0.472 e. The second-order valence-corrected chi connectivity index (χ2v) is 4.32. The number of furan rings is 1. The van der Waals surface area contributed by atoms with Crippen molar-refractivity contribution in [1.29, 1.82) is 0 Å². The zero-order chi connectivity index (χ0) is 13.2. The number of carbonyl (C=O) groups excluding carboxylic acids is 1. The lowest BCUT2D eigenvalue weighted by Crippen LogP contribution is -1.99. The average molecular weight is 252 g/mol. The maximum atomic E-state index is 12.2. The van der Waals surface area contributed by atoms with Crippen LogP contribution in [0.3, 0.4) is 0 Å². The predicted octanol–water partition coefficient (Wildman–Crippen LogP) is 2.91. The smallest absolute Gasteiger partial charge is 0.196 e. The van der Waals surface area contributed by atoms with Gasteiger partial charge in [0.05, 0.1) is 24.3 Å². The van der Waals surface area contributed by atoms with Crippen LogP contribution in [-0.4, -0.2) is 15.6 Å². The molecule has 0 saturated carbocycles. The molecule has 1 aromatic carbocycles. The Kier molecular flexibility index (Phi) is 2.76. The third-order valence-electron chi connectivity index (χ3n) is 2.97. The second kappa shape index (κ2) is 4.57. The van der Waals surface area contributed by atoms with Crippen LogP contribution < -0.4 is 0 Å². The first-order chi connectivity index (χ1) is 9.24. The Bertz CT molecular complexity index is 694. The second-order valence-electron chi connectivity index (χ2n) is 4.32. The maximum absolute atomic E-state index is 12.2. The molecule has 0 amide bonds. The molecule has 2 aromatic heterocycles. The lowest BCUT2D eigenvalue weighted by Gasteiger charge is -2.00.